The lowest BCUT2D eigenvalue weighted by Crippen LogP contribution is -2.41. The molecule has 0 saturated carbocycles. The zero-order chi connectivity index (χ0) is 19.9. The van der Waals surface area contributed by atoms with Gasteiger partial charge in [-0.25, -0.2) is 4.79 Å². The molecule has 1 atom stereocenters. The van der Waals surface area contributed by atoms with Gasteiger partial charge in [0.05, 0.1) is 12.0 Å². The maximum absolute atomic E-state index is 12.8. The first-order valence-corrected chi connectivity index (χ1v) is 8.93. The number of carbonyl (C=O) groups excluding carboxylic acids is 1. The molecule has 1 aliphatic rings. The lowest BCUT2D eigenvalue weighted by molar-refractivity contribution is -0.148. The van der Waals surface area contributed by atoms with E-state index in [2.05, 4.69) is 10.1 Å². The van der Waals surface area contributed by atoms with Crippen LogP contribution in [0.25, 0.3) is 11.5 Å². The number of aromatic nitrogens is 2. The van der Waals surface area contributed by atoms with E-state index in [0.29, 0.717) is 35.4 Å². The number of alkyl halides is 3. The van der Waals surface area contributed by atoms with Crippen LogP contribution in [0.3, 0.4) is 0 Å². The molecule has 1 saturated heterocycles. The lowest BCUT2D eigenvalue weighted by atomic mass is 10.1. The standard InChI is InChI=1S/C16H16F3N3O4S/c1-7-8(2)27-10(6-11(23)22-5-3-4-9(22)14(24)25)12(7)13-20-15(21-26-13)16(17,18)19/h9H,3-6H2,1-2H3,(H,24,25)/t9-/m1/s1. The van der Waals surface area contributed by atoms with E-state index < -0.39 is 29.9 Å². The second-order valence-electron chi connectivity index (χ2n) is 6.26. The molecule has 0 radical (unpaired) electrons. The highest BCUT2D eigenvalue weighted by molar-refractivity contribution is 7.12. The average Bonchev–Trinajstić information content (AvgIpc) is 3.27. The Morgan fingerprint density at radius 3 is 2.67 bits per heavy atom. The van der Waals surface area contributed by atoms with Crippen molar-refractivity contribution in [3.8, 4) is 11.5 Å². The van der Waals surface area contributed by atoms with Gasteiger partial charge in [-0.2, -0.15) is 18.2 Å². The van der Waals surface area contributed by atoms with E-state index >= 15 is 0 Å². The first-order chi connectivity index (χ1) is 12.6. The zero-order valence-electron chi connectivity index (χ0n) is 14.5. The second kappa shape index (κ2) is 6.95. The second-order valence-corrected chi connectivity index (χ2v) is 7.57. The highest BCUT2D eigenvalue weighted by Gasteiger charge is 2.38. The molecule has 1 aliphatic heterocycles. The van der Waals surface area contributed by atoms with E-state index in [1.54, 1.807) is 13.8 Å². The Bertz CT molecular complexity index is 890. The third-order valence-electron chi connectivity index (χ3n) is 4.52. The Labute approximate surface area is 155 Å². The number of aryl methyl sites for hydroxylation is 1. The summed E-state index contributed by atoms with van der Waals surface area (Å²) in [6, 6.07) is -0.872. The summed E-state index contributed by atoms with van der Waals surface area (Å²) in [6.07, 6.45) is -3.89. The molecule has 27 heavy (non-hydrogen) atoms. The Hall–Kier alpha value is -2.43. The third kappa shape index (κ3) is 3.68. The van der Waals surface area contributed by atoms with Gasteiger partial charge >= 0.3 is 12.1 Å². The maximum Gasteiger partial charge on any atom is 0.455 e. The number of hydrogen-bond acceptors (Lipinski definition) is 6. The minimum Gasteiger partial charge on any atom is -0.480 e. The van der Waals surface area contributed by atoms with Crippen molar-refractivity contribution in [3.05, 3.63) is 21.1 Å². The molecule has 1 amide bonds. The molecule has 2 aromatic heterocycles. The van der Waals surface area contributed by atoms with Crippen molar-refractivity contribution in [2.45, 2.75) is 45.3 Å². The summed E-state index contributed by atoms with van der Waals surface area (Å²) < 4.78 is 43.1. The van der Waals surface area contributed by atoms with Crippen molar-refractivity contribution >= 4 is 23.2 Å². The van der Waals surface area contributed by atoms with Gasteiger partial charge in [0.15, 0.2) is 0 Å². The van der Waals surface area contributed by atoms with Gasteiger partial charge in [-0.05, 0) is 32.3 Å². The van der Waals surface area contributed by atoms with Crippen molar-refractivity contribution in [2.24, 2.45) is 0 Å². The maximum atomic E-state index is 12.8. The predicted molar refractivity (Wildman–Crippen MR) is 88.2 cm³/mol. The number of carboxylic acids is 1. The summed E-state index contributed by atoms with van der Waals surface area (Å²) in [5.41, 5.74) is 0.955. The number of amides is 1. The monoisotopic (exact) mass is 403 g/mol. The smallest absolute Gasteiger partial charge is 0.455 e. The molecule has 0 aromatic carbocycles. The van der Waals surface area contributed by atoms with Crippen LogP contribution in [0.5, 0.6) is 0 Å². The van der Waals surface area contributed by atoms with Crippen LogP contribution in [-0.4, -0.2) is 44.6 Å². The lowest BCUT2D eigenvalue weighted by Gasteiger charge is -2.21. The largest absolute Gasteiger partial charge is 0.480 e. The highest BCUT2D eigenvalue weighted by Crippen LogP contribution is 2.37. The number of carboxylic acid groups (broad SMARTS) is 1. The van der Waals surface area contributed by atoms with Gasteiger partial charge < -0.3 is 14.5 Å². The van der Waals surface area contributed by atoms with Crippen LogP contribution in [0.2, 0.25) is 0 Å². The fourth-order valence-corrected chi connectivity index (χ4v) is 4.27. The van der Waals surface area contributed by atoms with Crippen molar-refractivity contribution < 1.29 is 32.4 Å². The molecule has 11 heteroatoms. The summed E-state index contributed by atoms with van der Waals surface area (Å²) in [5.74, 6) is -3.14. The molecule has 146 valence electrons. The Morgan fingerprint density at radius 1 is 1.37 bits per heavy atom. The van der Waals surface area contributed by atoms with Crippen LogP contribution in [0.4, 0.5) is 13.2 Å². The van der Waals surface area contributed by atoms with Crippen LogP contribution < -0.4 is 0 Å². The topological polar surface area (TPSA) is 96.5 Å². The summed E-state index contributed by atoms with van der Waals surface area (Å²) >= 11 is 1.25. The fourth-order valence-electron chi connectivity index (χ4n) is 3.10. The number of hydrogen-bond donors (Lipinski definition) is 1. The van der Waals surface area contributed by atoms with Crippen molar-refractivity contribution in [1.82, 2.24) is 15.0 Å². The highest BCUT2D eigenvalue weighted by atomic mass is 32.1. The number of halogens is 3. The van der Waals surface area contributed by atoms with Gasteiger partial charge in [0.2, 0.25) is 5.91 Å². The molecule has 0 bridgehead atoms. The van der Waals surface area contributed by atoms with Gasteiger partial charge in [-0.1, -0.05) is 5.16 Å². The quantitative estimate of drug-likeness (QED) is 0.843. The first kappa shape index (κ1) is 19.3. The minimum absolute atomic E-state index is 0.137. The predicted octanol–water partition coefficient (Wildman–Crippen LogP) is 3.05. The fraction of sp³-hybridized carbons (Fsp3) is 0.500. The summed E-state index contributed by atoms with van der Waals surface area (Å²) in [6.45, 7) is 3.81. The van der Waals surface area contributed by atoms with Gasteiger partial charge in [0.25, 0.3) is 11.7 Å². The summed E-state index contributed by atoms with van der Waals surface area (Å²) in [4.78, 5) is 29.9. The SMILES string of the molecule is Cc1sc(CC(=O)N2CCC[C@@H]2C(=O)O)c(-c2nc(C(F)(F)F)no2)c1C. The number of nitrogens with zero attached hydrogens (tertiary/aromatic N) is 3. The molecule has 0 unspecified atom stereocenters. The minimum atomic E-state index is -4.74. The molecule has 0 aliphatic carbocycles. The number of rotatable bonds is 4. The van der Waals surface area contributed by atoms with Crippen molar-refractivity contribution in [2.75, 3.05) is 6.54 Å². The van der Waals surface area contributed by atoms with Crippen molar-refractivity contribution in [3.63, 3.8) is 0 Å². The van der Waals surface area contributed by atoms with Crippen LogP contribution >= 0.6 is 11.3 Å². The molecular formula is C16H16F3N3O4S. The molecule has 1 fully saturated rings. The van der Waals surface area contributed by atoms with E-state index in [4.69, 9.17) is 4.52 Å². The normalized spacial score (nSPS) is 17.5. The summed E-state index contributed by atoms with van der Waals surface area (Å²) in [5, 5.41) is 12.2. The van der Waals surface area contributed by atoms with Crippen LogP contribution in [0, 0.1) is 13.8 Å². The molecule has 1 N–H and O–H groups in total. The number of aliphatic carboxylic acids is 1. The molecule has 3 heterocycles. The first-order valence-electron chi connectivity index (χ1n) is 8.12. The Kier molecular flexibility index (Phi) is 4.98. The van der Waals surface area contributed by atoms with Gasteiger partial charge in [0.1, 0.15) is 6.04 Å². The van der Waals surface area contributed by atoms with Gasteiger partial charge in [-0.15, -0.1) is 11.3 Å². The van der Waals surface area contributed by atoms with Crippen LogP contribution in [0.15, 0.2) is 4.52 Å². The van der Waals surface area contributed by atoms with E-state index in [0.717, 1.165) is 4.88 Å². The van der Waals surface area contributed by atoms with E-state index in [9.17, 15) is 27.9 Å². The third-order valence-corrected chi connectivity index (χ3v) is 5.73. The number of carbonyl (C=O) groups is 2. The van der Waals surface area contributed by atoms with E-state index in [-0.39, 0.29) is 12.3 Å². The zero-order valence-corrected chi connectivity index (χ0v) is 15.3. The van der Waals surface area contributed by atoms with Crippen molar-refractivity contribution in [1.29, 1.82) is 0 Å². The Morgan fingerprint density at radius 2 is 2.07 bits per heavy atom. The van der Waals surface area contributed by atoms with Crippen LogP contribution in [0.1, 0.15) is 34.0 Å². The summed E-state index contributed by atoms with van der Waals surface area (Å²) in [7, 11) is 0. The molecule has 0 spiro atoms. The van der Waals surface area contributed by atoms with E-state index in [1.165, 1.54) is 16.2 Å². The van der Waals surface area contributed by atoms with Gasteiger partial charge in [-0.3, -0.25) is 4.79 Å². The van der Waals surface area contributed by atoms with Crippen LogP contribution in [-0.2, 0) is 22.2 Å². The molecule has 2 aromatic rings. The average molecular weight is 403 g/mol. The molecule has 7 nitrogen and oxygen atoms in total. The number of likely N-dealkylation sites (tertiary alicyclic amines) is 1. The Balaban J connectivity index is 1.91. The van der Waals surface area contributed by atoms with Gasteiger partial charge in [0, 0.05) is 16.3 Å². The number of thiophene rings is 1. The molecule has 3 rings (SSSR count). The molecular weight excluding hydrogens is 387 g/mol. The van der Waals surface area contributed by atoms with E-state index in [1.807, 2.05) is 0 Å².